The third kappa shape index (κ3) is 6.09. The molecule has 3 heterocycles. The predicted molar refractivity (Wildman–Crippen MR) is 125 cm³/mol. The van der Waals surface area contributed by atoms with E-state index in [9.17, 15) is 0 Å². The van der Waals surface area contributed by atoms with Crippen LogP contribution in [0.25, 0.3) is 11.3 Å². The number of ether oxygens (including phenoxy) is 2. The van der Waals surface area contributed by atoms with Gasteiger partial charge in [0.25, 0.3) is 0 Å². The second-order valence-electron chi connectivity index (χ2n) is 7.67. The summed E-state index contributed by atoms with van der Waals surface area (Å²) in [6.45, 7) is 8.86. The number of hydrogen-bond acceptors (Lipinski definition) is 8. The predicted octanol–water partition coefficient (Wildman–Crippen LogP) is 3.31. The number of rotatable bonds is 8. The summed E-state index contributed by atoms with van der Waals surface area (Å²) in [4.78, 5) is 15.5. The fourth-order valence-electron chi connectivity index (χ4n) is 3.33. The number of nitrogens with zero attached hydrogens (tertiary/aromatic N) is 5. The topological polar surface area (TPSA) is 84.8 Å². The smallest absolute Gasteiger partial charge is 0.319 e. The number of pyridine rings is 1. The van der Waals surface area contributed by atoms with Crippen LogP contribution in [0.1, 0.15) is 16.7 Å². The number of morpholine rings is 1. The minimum atomic E-state index is 0.316. The first-order valence-electron chi connectivity index (χ1n) is 10.8. The largest absolute Gasteiger partial charge is 0.462 e. The third-order valence-corrected chi connectivity index (χ3v) is 5.35. The molecule has 0 amide bonds. The van der Waals surface area contributed by atoms with E-state index in [1.165, 1.54) is 11.1 Å². The summed E-state index contributed by atoms with van der Waals surface area (Å²) in [5.74, 6) is 0.563. The molecule has 4 rings (SSSR count). The quantitative estimate of drug-likeness (QED) is 0.432. The fourth-order valence-corrected chi connectivity index (χ4v) is 3.33. The molecule has 1 aliphatic heterocycles. The normalized spacial score (nSPS) is 14.6. The van der Waals surface area contributed by atoms with E-state index in [1.54, 1.807) is 18.6 Å². The highest BCUT2D eigenvalue weighted by atomic mass is 16.5. The molecule has 0 spiro atoms. The number of hydrazone groups is 1. The summed E-state index contributed by atoms with van der Waals surface area (Å²) in [6, 6.07) is 12.2. The molecule has 32 heavy (non-hydrogen) atoms. The molecule has 8 nitrogen and oxygen atoms in total. The Morgan fingerprint density at radius 3 is 2.66 bits per heavy atom. The average molecular weight is 433 g/mol. The maximum absolute atomic E-state index is 5.89. The SMILES string of the molecule is Cc1ccc(/C=N/Nc2cc(-c3ccncc3)nc(OCCN3CCOCC3)n2)cc1C. The summed E-state index contributed by atoms with van der Waals surface area (Å²) in [6.07, 6.45) is 5.25. The Kier molecular flexibility index (Phi) is 7.37. The van der Waals surface area contributed by atoms with Crippen molar-refractivity contribution in [2.24, 2.45) is 5.10 Å². The van der Waals surface area contributed by atoms with Gasteiger partial charge in [-0.25, -0.2) is 0 Å². The Bertz CT molecular complexity index is 1050. The summed E-state index contributed by atoms with van der Waals surface area (Å²) >= 11 is 0. The van der Waals surface area contributed by atoms with Crippen molar-refractivity contribution in [3.05, 3.63) is 65.5 Å². The van der Waals surface area contributed by atoms with Gasteiger partial charge in [0, 0.05) is 43.7 Å². The van der Waals surface area contributed by atoms with Gasteiger partial charge in [-0.2, -0.15) is 15.1 Å². The molecule has 1 aromatic carbocycles. The Hall–Kier alpha value is -3.36. The number of hydrogen-bond donors (Lipinski definition) is 1. The van der Waals surface area contributed by atoms with E-state index in [-0.39, 0.29) is 0 Å². The molecular formula is C24H28N6O2. The van der Waals surface area contributed by atoms with Crippen molar-refractivity contribution in [1.29, 1.82) is 0 Å². The van der Waals surface area contributed by atoms with Crippen molar-refractivity contribution in [1.82, 2.24) is 19.9 Å². The van der Waals surface area contributed by atoms with Gasteiger partial charge in [0.2, 0.25) is 0 Å². The van der Waals surface area contributed by atoms with Gasteiger partial charge in [-0.15, -0.1) is 0 Å². The summed E-state index contributed by atoms with van der Waals surface area (Å²) in [5, 5.41) is 4.36. The lowest BCUT2D eigenvalue weighted by Gasteiger charge is -2.26. The lowest BCUT2D eigenvalue weighted by molar-refractivity contribution is 0.0317. The van der Waals surface area contributed by atoms with E-state index in [0.29, 0.717) is 18.4 Å². The molecule has 0 bridgehead atoms. The zero-order chi connectivity index (χ0) is 22.2. The molecule has 0 radical (unpaired) electrons. The number of benzene rings is 1. The summed E-state index contributed by atoms with van der Waals surface area (Å²) in [7, 11) is 0. The van der Waals surface area contributed by atoms with Crippen LogP contribution in [-0.2, 0) is 4.74 Å². The molecule has 1 aliphatic rings. The van der Waals surface area contributed by atoms with Gasteiger partial charge < -0.3 is 9.47 Å². The zero-order valence-corrected chi connectivity index (χ0v) is 18.5. The molecule has 1 saturated heterocycles. The Morgan fingerprint density at radius 1 is 1.06 bits per heavy atom. The molecule has 2 aromatic heterocycles. The second kappa shape index (κ2) is 10.8. The van der Waals surface area contributed by atoms with Gasteiger partial charge in [-0.3, -0.25) is 15.3 Å². The van der Waals surface area contributed by atoms with Crippen LogP contribution in [-0.4, -0.2) is 65.5 Å². The van der Waals surface area contributed by atoms with Crippen molar-refractivity contribution >= 4 is 12.0 Å². The summed E-state index contributed by atoms with van der Waals surface area (Å²) in [5.41, 5.74) is 8.19. The van der Waals surface area contributed by atoms with Gasteiger partial charge in [-0.05, 0) is 42.7 Å². The van der Waals surface area contributed by atoms with E-state index in [4.69, 9.17) is 9.47 Å². The molecular weight excluding hydrogens is 404 g/mol. The monoisotopic (exact) mass is 432 g/mol. The molecule has 0 atom stereocenters. The van der Waals surface area contributed by atoms with Gasteiger partial charge in [0.05, 0.1) is 25.1 Å². The first kappa shape index (κ1) is 21.9. The highest BCUT2D eigenvalue weighted by Crippen LogP contribution is 2.22. The highest BCUT2D eigenvalue weighted by Gasteiger charge is 2.12. The average Bonchev–Trinajstić information content (AvgIpc) is 2.83. The van der Waals surface area contributed by atoms with E-state index < -0.39 is 0 Å². The van der Waals surface area contributed by atoms with Crippen LogP contribution in [0.2, 0.25) is 0 Å². The van der Waals surface area contributed by atoms with E-state index in [1.807, 2.05) is 24.3 Å². The minimum Gasteiger partial charge on any atom is -0.462 e. The Balaban J connectivity index is 1.47. The van der Waals surface area contributed by atoms with E-state index in [2.05, 4.69) is 56.4 Å². The number of nitrogens with one attached hydrogen (secondary N) is 1. The minimum absolute atomic E-state index is 0.316. The van der Waals surface area contributed by atoms with Crippen LogP contribution in [0.5, 0.6) is 6.01 Å². The summed E-state index contributed by atoms with van der Waals surface area (Å²) < 4.78 is 11.3. The third-order valence-electron chi connectivity index (χ3n) is 5.35. The van der Waals surface area contributed by atoms with Crippen LogP contribution in [0.3, 0.4) is 0 Å². The molecule has 3 aromatic rings. The van der Waals surface area contributed by atoms with Crippen LogP contribution in [0.4, 0.5) is 5.82 Å². The van der Waals surface area contributed by atoms with Crippen LogP contribution >= 0.6 is 0 Å². The van der Waals surface area contributed by atoms with Gasteiger partial charge in [0.1, 0.15) is 6.61 Å². The van der Waals surface area contributed by atoms with E-state index >= 15 is 0 Å². The van der Waals surface area contributed by atoms with Gasteiger partial charge in [0.15, 0.2) is 5.82 Å². The highest BCUT2D eigenvalue weighted by molar-refractivity contribution is 5.80. The van der Waals surface area contributed by atoms with E-state index in [0.717, 1.165) is 49.7 Å². The molecule has 0 unspecified atom stereocenters. The van der Waals surface area contributed by atoms with Crippen molar-refractivity contribution in [2.75, 3.05) is 44.9 Å². The maximum Gasteiger partial charge on any atom is 0.319 e. The molecule has 1 fully saturated rings. The van der Waals surface area contributed by atoms with Crippen molar-refractivity contribution in [3.8, 4) is 17.3 Å². The fraction of sp³-hybridized carbons (Fsp3) is 0.333. The standard InChI is InChI=1S/C24H28N6O2/c1-18-3-4-20(15-19(18)2)17-26-29-23-16-22(21-5-7-25-8-6-21)27-24(28-23)32-14-11-30-9-12-31-13-10-30/h3-8,15-17H,9-14H2,1-2H3,(H,27,28,29)/b26-17+. The van der Waals surface area contributed by atoms with Crippen molar-refractivity contribution in [3.63, 3.8) is 0 Å². The van der Waals surface area contributed by atoms with Crippen LogP contribution < -0.4 is 10.2 Å². The first-order chi connectivity index (χ1) is 15.7. The number of aromatic nitrogens is 3. The van der Waals surface area contributed by atoms with Gasteiger partial charge in [-0.1, -0.05) is 18.2 Å². The second-order valence-corrected chi connectivity index (χ2v) is 7.67. The first-order valence-corrected chi connectivity index (χ1v) is 10.8. The molecule has 8 heteroatoms. The molecule has 1 N–H and O–H groups in total. The zero-order valence-electron chi connectivity index (χ0n) is 18.5. The lowest BCUT2D eigenvalue weighted by atomic mass is 10.1. The molecule has 166 valence electrons. The lowest BCUT2D eigenvalue weighted by Crippen LogP contribution is -2.38. The number of anilines is 1. The van der Waals surface area contributed by atoms with Crippen LogP contribution in [0.15, 0.2) is 53.9 Å². The van der Waals surface area contributed by atoms with Gasteiger partial charge >= 0.3 is 6.01 Å². The van der Waals surface area contributed by atoms with Crippen molar-refractivity contribution in [2.45, 2.75) is 13.8 Å². The van der Waals surface area contributed by atoms with Crippen molar-refractivity contribution < 1.29 is 9.47 Å². The molecule has 0 saturated carbocycles. The maximum atomic E-state index is 5.89. The Labute approximate surface area is 188 Å². The number of aryl methyl sites for hydroxylation is 2. The van der Waals surface area contributed by atoms with Crippen LogP contribution in [0, 0.1) is 13.8 Å². The molecule has 0 aliphatic carbocycles. The Morgan fingerprint density at radius 2 is 1.88 bits per heavy atom.